The van der Waals surface area contributed by atoms with Gasteiger partial charge in [-0.25, -0.2) is 14.0 Å². The Morgan fingerprint density at radius 2 is 2.10 bits per heavy atom. The number of anilines is 2. The fraction of sp³-hybridized carbons (Fsp3) is 0.381. The summed E-state index contributed by atoms with van der Waals surface area (Å²) in [5.41, 5.74) is 2.36. The van der Waals surface area contributed by atoms with Gasteiger partial charge in [0.2, 0.25) is 0 Å². The molecule has 160 valence electrons. The molecule has 0 unspecified atom stereocenters. The Kier molecular flexibility index (Phi) is 7.18. The summed E-state index contributed by atoms with van der Waals surface area (Å²) in [5, 5.41) is 8.57. The number of likely N-dealkylation sites (tertiary alicyclic amines) is 1. The van der Waals surface area contributed by atoms with Crippen molar-refractivity contribution in [2.24, 2.45) is 0 Å². The van der Waals surface area contributed by atoms with Crippen LogP contribution in [0, 0.1) is 12.7 Å². The van der Waals surface area contributed by atoms with Crippen LogP contribution in [-0.2, 0) is 11.2 Å². The van der Waals surface area contributed by atoms with Gasteiger partial charge in [0.15, 0.2) is 0 Å². The van der Waals surface area contributed by atoms with Crippen LogP contribution in [0.2, 0.25) is 0 Å². The number of halogens is 1. The lowest BCUT2D eigenvalue weighted by atomic mass is 10.1. The Morgan fingerprint density at radius 1 is 1.27 bits per heavy atom. The fourth-order valence-corrected chi connectivity index (χ4v) is 3.29. The number of aryl methyl sites for hydroxylation is 1. The maximum atomic E-state index is 14.1. The number of nitrogens with one attached hydrogen (secondary N) is 3. The third-order valence-corrected chi connectivity index (χ3v) is 4.92. The Bertz CT molecular complexity index is 891. The number of amides is 3. The van der Waals surface area contributed by atoms with Crippen molar-refractivity contribution in [3.05, 3.63) is 53.6 Å². The highest BCUT2D eigenvalue weighted by molar-refractivity contribution is 5.99. The lowest BCUT2D eigenvalue weighted by Gasteiger charge is -2.15. The minimum Gasteiger partial charge on any atom is -0.453 e. The second kappa shape index (κ2) is 10.0. The number of ether oxygens (including phenoxy) is 1. The number of benzene rings is 1. The van der Waals surface area contributed by atoms with Crippen LogP contribution < -0.4 is 16.0 Å². The molecule has 1 aliphatic heterocycles. The standard InChI is InChI=1S/C21H26FN5O3/c1-14-3-5-16(12-24-14)25-20(28)26-19-11-15(4-6-18(19)22)7-9-23-17-8-10-27(13-17)21(29)30-2/h3-6,11-12,17,23H,7-10,13H2,1-2H3,(H2,25,26,28)/t17-/m0/s1. The molecule has 0 spiro atoms. The zero-order valence-corrected chi connectivity index (χ0v) is 17.1. The van der Waals surface area contributed by atoms with Gasteiger partial charge in [0.1, 0.15) is 5.82 Å². The summed E-state index contributed by atoms with van der Waals surface area (Å²) in [5.74, 6) is -0.506. The SMILES string of the molecule is COC(=O)N1CC[C@H](NCCc2ccc(F)c(NC(=O)Nc3ccc(C)nc3)c2)C1. The van der Waals surface area contributed by atoms with Crippen LogP contribution in [0.5, 0.6) is 0 Å². The first-order chi connectivity index (χ1) is 14.4. The van der Waals surface area contributed by atoms with Crippen molar-refractivity contribution in [2.75, 3.05) is 37.4 Å². The van der Waals surface area contributed by atoms with Crippen LogP contribution in [-0.4, -0.2) is 54.8 Å². The fourth-order valence-electron chi connectivity index (χ4n) is 3.29. The molecule has 3 N–H and O–H groups in total. The average molecular weight is 415 g/mol. The quantitative estimate of drug-likeness (QED) is 0.674. The summed E-state index contributed by atoms with van der Waals surface area (Å²) in [6.45, 7) is 3.80. The Balaban J connectivity index is 1.49. The van der Waals surface area contributed by atoms with Crippen LogP contribution in [0.25, 0.3) is 0 Å². The Morgan fingerprint density at radius 3 is 2.83 bits per heavy atom. The van der Waals surface area contributed by atoms with Crippen molar-refractivity contribution in [1.82, 2.24) is 15.2 Å². The van der Waals surface area contributed by atoms with Crippen LogP contribution in [0.3, 0.4) is 0 Å². The van der Waals surface area contributed by atoms with Gasteiger partial charge in [-0.1, -0.05) is 6.07 Å². The second-order valence-corrected chi connectivity index (χ2v) is 7.19. The minimum absolute atomic E-state index is 0.114. The van der Waals surface area contributed by atoms with E-state index in [1.807, 2.05) is 6.92 Å². The van der Waals surface area contributed by atoms with Crippen LogP contribution in [0.4, 0.5) is 25.4 Å². The van der Waals surface area contributed by atoms with Gasteiger partial charge in [-0.2, -0.15) is 0 Å². The smallest absolute Gasteiger partial charge is 0.409 e. The zero-order valence-electron chi connectivity index (χ0n) is 17.1. The topological polar surface area (TPSA) is 95.6 Å². The minimum atomic E-state index is -0.538. The van der Waals surface area contributed by atoms with E-state index in [1.165, 1.54) is 19.4 Å². The molecule has 1 saturated heterocycles. The molecule has 0 radical (unpaired) electrons. The van der Waals surface area contributed by atoms with E-state index >= 15 is 0 Å². The van der Waals surface area contributed by atoms with Crippen molar-refractivity contribution in [3.63, 3.8) is 0 Å². The average Bonchev–Trinajstić information content (AvgIpc) is 3.20. The van der Waals surface area contributed by atoms with Gasteiger partial charge in [-0.3, -0.25) is 4.98 Å². The van der Waals surface area contributed by atoms with Crippen LogP contribution in [0.1, 0.15) is 17.7 Å². The van der Waals surface area contributed by atoms with Crippen molar-refractivity contribution in [3.8, 4) is 0 Å². The number of hydrogen-bond donors (Lipinski definition) is 3. The summed E-state index contributed by atoms with van der Waals surface area (Å²) < 4.78 is 18.9. The van der Waals surface area contributed by atoms with E-state index in [1.54, 1.807) is 29.2 Å². The maximum Gasteiger partial charge on any atom is 0.409 e. The zero-order chi connectivity index (χ0) is 21.5. The molecule has 1 aliphatic rings. The lowest BCUT2D eigenvalue weighted by Crippen LogP contribution is -2.36. The monoisotopic (exact) mass is 415 g/mol. The summed E-state index contributed by atoms with van der Waals surface area (Å²) in [4.78, 5) is 29.5. The van der Waals surface area contributed by atoms with Gasteiger partial charge < -0.3 is 25.6 Å². The molecule has 1 atom stereocenters. The third kappa shape index (κ3) is 5.90. The largest absolute Gasteiger partial charge is 0.453 e. The molecular formula is C21H26FN5O3. The van der Waals surface area contributed by atoms with Crippen LogP contribution >= 0.6 is 0 Å². The first-order valence-corrected chi connectivity index (χ1v) is 9.80. The van der Waals surface area contributed by atoms with Crippen molar-refractivity contribution in [2.45, 2.75) is 25.8 Å². The summed E-state index contributed by atoms with van der Waals surface area (Å²) in [6, 6.07) is 7.83. The van der Waals surface area contributed by atoms with E-state index < -0.39 is 11.8 Å². The number of methoxy groups -OCH3 is 1. The molecule has 3 amide bonds. The van der Waals surface area contributed by atoms with E-state index in [0.717, 1.165) is 17.7 Å². The Hall–Kier alpha value is -3.20. The van der Waals surface area contributed by atoms with Crippen molar-refractivity contribution in [1.29, 1.82) is 0 Å². The number of hydrogen-bond acceptors (Lipinski definition) is 5. The highest BCUT2D eigenvalue weighted by Crippen LogP contribution is 2.18. The number of carbonyl (C=O) groups is 2. The molecule has 1 aromatic heterocycles. The number of nitrogens with zero attached hydrogens (tertiary/aromatic N) is 2. The normalized spacial score (nSPS) is 15.7. The van der Waals surface area contributed by atoms with E-state index in [4.69, 9.17) is 4.74 Å². The van der Waals surface area contributed by atoms with Gasteiger partial charge >= 0.3 is 12.1 Å². The van der Waals surface area contributed by atoms with E-state index in [-0.39, 0.29) is 17.8 Å². The van der Waals surface area contributed by atoms with Gasteiger partial charge in [0, 0.05) is 24.8 Å². The molecule has 8 nitrogen and oxygen atoms in total. The lowest BCUT2D eigenvalue weighted by molar-refractivity contribution is 0.132. The number of pyridine rings is 1. The Labute approximate surface area is 174 Å². The molecule has 2 aromatic rings. The predicted molar refractivity (Wildman–Crippen MR) is 112 cm³/mol. The van der Waals surface area contributed by atoms with Gasteiger partial charge in [0.05, 0.1) is 24.7 Å². The number of rotatable bonds is 6. The molecule has 1 fully saturated rings. The molecule has 2 heterocycles. The van der Waals surface area contributed by atoms with Crippen molar-refractivity contribution < 1.29 is 18.7 Å². The third-order valence-electron chi connectivity index (χ3n) is 4.92. The van der Waals surface area contributed by atoms with E-state index in [2.05, 4.69) is 20.9 Å². The van der Waals surface area contributed by atoms with E-state index in [9.17, 15) is 14.0 Å². The molecular weight excluding hydrogens is 389 g/mol. The first-order valence-electron chi connectivity index (χ1n) is 9.80. The second-order valence-electron chi connectivity index (χ2n) is 7.19. The molecule has 0 aliphatic carbocycles. The molecule has 9 heteroatoms. The number of urea groups is 1. The predicted octanol–water partition coefficient (Wildman–Crippen LogP) is 3.15. The molecule has 0 bridgehead atoms. The summed E-state index contributed by atoms with van der Waals surface area (Å²) >= 11 is 0. The highest BCUT2D eigenvalue weighted by Gasteiger charge is 2.26. The van der Waals surface area contributed by atoms with Crippen molar-refractivity contribution >= 4 is 23.5 Å². The molecule has 30 heavy (non-hydrogen) atoms. The summed E-state index contributed by atoms with van der Waals surface area (Å²) in [6.07, 6.45) is 2.75. The van der Waals surface area contributed by atoms with Gasteiger partial charge in [0.25, 0.3) is 0 Å². The van der Waals surface area contributed by atoms with Crippen LogP contribution in [0.15, 0.2) is 36.5 Å². The molecule has 1 aromatic carbocycles. The van der Waals surface area contributed by atoms with E-state index in [0.29, 0.717) is 31.7 Å². The highest BCUT2D eigenvalue weighted by atomic mass is 19.1. The van der Waals surface area contributed by atoms with Gasteiger partial charge in [-0.15, -0.1) is 0 Å². The first kappa shape index (κ1) is 21.5. The maximum absolute atomic E-state index is 14.1. The summed E-state index contributed by atoms with van der Waals surface area (Å²) in [7, 11) is 1.38. The molecule has 3 rings (SSSR count). The number of carbonyl (C=O) groups excluding carboxylic acids is 2. The molecule has 0 saturated carbocycles. The number of aromatic nitrogens is 1. The van der Waals surface area contributed by atoms with Gasteiger partial charge in [-0.05, 0) is 56.1 Å².